The highest BCUT2D eigenvalue weighted by atomic mass is 32.1. The zero-order valence-corrected chi connectivity index (χ0v) is 22.0. The number of aromatic nitrogens is 1. The van der Waals surface area contributed by atoms with Crippen LogP contribution in [-0.4, -0.2) is 63.7 Å². The van der Waals surface area contributed by atoms with Crippen molar-refractivity contribution in [3.8, 4) is 0 Å². The fourth-order valence-corrected chi connectivity index (χ4v) is 4.00. The zero-order valence-electron chi connectivity index (χ0n) is 21.1. The van der Waals surface area contributed by atoms with Crippen molar-refractivity contribution >= 4 is 47.2 Å². The van der Waals surface area contributed by atoms with Gasteiger partial charge in [0.15, 0.2) is 0 Å². The van der Waals surface area contributed by atoms with E-state index in [1.807, 2.05) is 38.1 Å². The fraction of sp³-hybridized carbons (Fsp3) is 0.520. The molecule has 0 bridgehead atoms. The van der Waals surface area contributed by atoms with Gasteiger partial charge in [-0.3, -0.25) is 14.4 Å². The number of benzene rings is 1. The summed E-state index contributed by atoms with van der Waals surface area (Å²) in [6.07, 6.45) is 2.08. The van der Waals surface area contributed by atoms with E-state index in [2.05, 4.69) is 33.6 Å². The second-order valence-electron chi connectivity index (χ2n) is 9.67. The van der Waals surface area contributed by atoms with Gasteiger partial charge in [-0.15, -0.1) is 0 Å². The van der Waals surface area contributed by atoms with Gasteiger partial charge in [0, 0.05) is 29.3 Å². The molecular formula is C25H37N5O5S. The molecule has 198 valence electrons. The number of carboxylic acids is 1. The predicted molar refractivity (Wildman–Crippen MR) is 142 cm³/mol. The topological polar surface area (TPSA) is 166 Å². The number of carbonyl (C=O) groups excluding carboxylic acids is 3. The molecule has 1 aromatic heterocycles. The fourth-order valence-electron chi connectivity index (χ4n) is 3.84. The van der Waals surface area contributed by atoms with Gasteiger partial charge in [-0.05, 0) is 29.9 Å². The number of amides is 3. The Balaban J connectivity index is 2.17. The Morgan fingerprint density at radius 1 is 0.972 bits per heavy atom. The smallest absolute Gasteiger partial charge is 0.326 e. The molecule has 1 heterocycles. The van der Waals surface area contributed by atoms with E-state index in [9.17, 15) is 24.3 Å². The van der Waals surface area contributed by atoms with Gasteiger partial charge >= 0.3 is 5.97 Å². The van der Waals surface area contributed by atoms with Gasteiger partial charge in [0.1, 0.15) is 18.1 Å². The van der Waals surface area contributed by atoms with Crippen molar-refractivity contribution in [1.29, 1.82) is 0 Å². The number of H-pyrrole nitrogens is 1. The summed E-state index contributed by atoms with van der Waals surface area (Å²) in [5, 5.41) is 18.6. The van der Waals surface area contributed by atoms with E-state index in [1.54, 1.807) is 20.0 Å². The van der Waals surface area contributed by atoms with Crippen molar-refractivity contribution in [3.63, 3.8) is 0 Å². The monoisotopic (exact) mass is 519 g/mol. The molecule has 0 saturated heterocycles. The number of fused-ring (bicyclic) bond motifs is 1. The molecule has 0 fully saturated rings. The van der Waals surface area contributed by atoms with Crippen LogP contribution in [0.2, 0.25) is 0 Å². The molecule has 2 rings (SSSR count). The van der Waals surface area contributed by atoms with Crippen LogP contribution in [0.5, 0.6) is 0 Å². The first-order valence-corrected chi connectivity index (χ1v) is 12.6. The summed E-state index contributed by atoms with van der Waals surface area (Å²) >= 11 is 4.01. The number of thiol groups is 1. The number of carboxylic acid groups (broad SMARTS) is 1. The molecule has 1 aromatic carbocycles. The maximum Gasteiger partial charge on any atom is 0.326 e. The van der Waals surface area contributed by atoms with Crippen LogP contribution in [0.1, 0.15) is 39.7 Å². The number of para-hydroxylation sites is 1. The van der Waals surface area contributed by atoms with Crippen molar-refractivity contribution in [2.45, 2.75) is 64.7 Å². The first-order chi connectivity index (χ1) is 16.9. The molecule has 0 spiro atoms. The summed E-state index contributed by atoms with van der Waals surface area (Å²) in [5.74, 6) is -2.99. The van der Waals surface area contributed by atoms with Crippen LogP contribution in [-0.2, 0) is 25.6 Å². The molecule has 0 radical (unpaired) electrons. The second kappa shape index (κ2) is 13.3. The van der Waals surface area contributed by atoms with Gasteiger partial charge in [-0.1, -0.05) is 45.9 Å². The third-order valence-corrected chi connectivity index (χ3v) is 6.23. The van der Waals surface area contributed by atoms with Crippen molar-refractivity contribution in [1.82, 2.24) is 20.9 Å². The summed E-state index contributed by atoms with van der Waals surface area (Å²) in [4.78, 5) is 53.6. The van der Waals surface area contributed by atoms with Crippen LogP contribution in [0.3, 0.4) is 0 Å². The molecule has 0 aliphatic heterocycles. The Hall–Kier alpha value is -3.05. The first-order valence-electron chi connectivity index (χ1n) is 12.0. The van der Waals surface area contributed by atoms with Crippen molar-refractivity contribution in [2.75, 3.05) is 5.75 Å². The highest BCUT2D eigenvalue weighted by Crippen LogP contribution is 2.19. The third kappa shape index (κ3) is 7.99. The van der Waals surface area contributed by atoms with Gasteiger partial charge in [-0.2, -0.15) is 12.6 Å². The quantitative estimate of drug-likeness (QED) is 0.196. The Bertz CT molecular complexity index is 1070. The summed E-state index contributed by atoms with van der Waals surface area (Å²) in [6.45, 7) is 7.30. The number of carbonyl (C=O) groups is 4. The first kappa shape index (κ1) is 29.2. The minimum Gasteiger partial charge on any atom is -0.480 e. The number of aliphatic carboxylic acids is 1. The van der Waals surface area contributed by atoms with E-state index in [0.717, 1.165) is 16.5 Å². The summed E-state index contributed by atoms with van der Waals surface area (Å²) in [5.41, 5.74) is 7.33. The van der Waals surface area contributed by atoms with Crippen LogP contribution >= 0.6 is 12.6 Å². The zero-order chi connectivity index (χ0) is 27.0. The maximum atomic E-state index is 13.2. The van der Waals surface area contributed by atoms with Gasteiger partial charge in [0.05, 0.1) is 6.04 Å². The van der Waals surface area contributed by atoms with E-state index in [1.165, 1.54) is 0 Å². The van der Waals surface area contributed by atoms with Crippen LogP contribution < -0.4 is 21.7 Å². The largest absolute Gasteiger partial charge is 0.480 e. The molecule has 0 aliphatic rings. The van der Waals surface area contributed by atoms with Crippen LogP contribution in [0.4, 0.5) is 0 Å². The lowest BCUT2D eigenvalue weighted by molar-refractivity contribution is -0.142. The molecule has 4 atom stereocenters. The highest BCUT2D eigenvalue weighted by Gasteiger charge is 2.32. The standard InChI is InChI=1S/C25H37N5O5S/c1-13(2)9-19(28-24(33)21(14(3)4)30-22(31)17(26)12-36)23(32)29-20(25(34)35)10-15-11-27-18-8-6-5-7-16(15)18/h5-8,11,13-14,17,19-21,27,36H,9-10,12,26H2,1-4H3,(H,28,33)(H,29,32)(H,30,31)(H,34,35). The number of nitrogens with two attached hydrogens (primary N) is 1. The molecule has 0 saturated carbocycles. The van der Waals surface area contributed by atoms with E-state index in [-0.39, 0.29) is 30.4 Å². The number of hydrogen-bond donors (Lipinski definition) is 7. The van der Waals surface area contributed by atoms with Gasteiger partial charge in [-0.25, -0.2) is 4.79 Å². The average Bonchev–Trinajstić information content (AvgIpc) is 3.22. The Labute approximate surface area is 216 Å². The molecule has 11 heteroatoms. The van der Waals surface area contributed by atoms with Gasteiger partial charge in [0.2, 0.25) is 17.7 Å². The maximum absolute atomic E-state index is 13.2. The van der Waals surface area contributed by atoms with E-state index >= 15 is 0 Å². The minimum absolute atomic E-state index is 0.0302. The molecule has 2 aromatic rings. The van der Waals surface area contributed by atoms with E-state index in [0.29, 0.717) is 0 Å². The predicted octanol–water partition coefficient (Wildman–Crippen LogP) is 1.21. The normalized spacial score (nSPS) is 14.8. The highest BCUT2D eigenvalue weighted by molar-refractivity contribution is 7.80. The SMILES string of the molecule is CC(C)CC(NC(=O)C(NC(=O)C(N)CS)C(C)C)C(=O)NC(Cc1c[nH]c2ccccc12)C(=O)O. The Morgan fingerprint density at radius 3 is 2.19 bits per heavy atom. The lowest BCUT2D eigenvalue weighted by Crippen LogP contribution is -2.58. The molecule has 4 unspecified atom stereocenters. The van der Waals surface area contributed by atoms with Crippen molar-refractivity contribution in [3.05, 3.63) is 36.0 Å². The van der Waals surface area contributed by atoms with Gasteiger partial charge < -0.3 is 31.8 Å². The lowest BCUT2D eigenvalue weighted by atomic mass is 9.99. The molecule has 7 N–H and O–H groups in total. The van der Waals surface area contributed by atoms with Crippen LogP contribution in [0, 0.1) is 11.8 Å². The summed E-state index contributed by atoms with van der Waals surface area (Å²) < 4.78 is 0. The Kier molecular flexibility index (Phi) is 10.8. The lowest BCUT2D eigenvalue weighted by Gasteiger charge is -2.27. The third-order valence-electron chi connectivity index (χ3n) is 5.83. The molecule has 0 aliphatic carbocycles. The molecule has 36 heavy (non-hydrogen) atoms. The molecular weight excluding hydrogens is 482 g/mol. The minimum atomic E-state index is -1.20. The number of hydrogen-bond acceptors (Lipinski definition) is 6. The van der Waals surface area contributed by atoms with Crippen LogP contribution in [0.25, 0.3) is 10.9 Å². The summed E-state index contributed by atoms with van der Waals surface area (Å²) in [6, 6.07) is 3.51. The van der Waals surface area contributed by atoms with E-state index in [4.69, 9.17) is 5.73 Å². The average molecular weight is 520 g/mol. The number of rotatable bonds is 13. The number of aromatic amines is 1. The summed E-state index contributed by atoms with van der Waals surface area (Å²) in [7, 11) is 0. The number of nitrogens with one attached hydrogen (secondary N) is 4. The molecule has 10 nitrogen and oxygen atoms in total. The van der Waals surface area contributed by atoms with Crippen molar-refractivity contribution < 1.29 is 24.3 Å². The van der Waals surface area contributed by atoms with E-state index < -0.39 is 47.9 Å². The molecule has 3 amide bonds. The van der Waals surface area contributed by atoms with Crippen molar-refractivity contribution in [2.24, 2.45) is 17.6 Å². The second-order valence-corrected chi connectivity index (χ2v) is 10.0. The van der Waals surface area contributed by atoms with Gasteiger partial charge in [0.25, 0.3) is 0 Å². The van der Waals surface area contributed by atoms with Crippen LogP contribution in [0.15, 0.2) is 30.5 Å². The Morgan fingerprint density at radius 2 is 1.61 bits per heavy atom.